The highest BCUT2D eigenvalue weighted by molar-refractivity contribution is 9.10. The number of rotatable bonds is 7. The van der Waals surface area contributed by atoms with Gasteiger partial charge < -0.3 is 24.5 Å². The van der Waals surface area contributed by atoms with Crippen LogP contribution in [0.3, 0.4) is 0 Å². The fraction of sp³-hybridized carbons (Fsp3) is 0.333. The summed E-state index contributed by atoms with van der Waals surface area (Å²) in [6.45, 7) is 3.88. The number of carbonyl (C=O) groups excluding carboxylic acids is 2. The summed E-state index contributed by atoms with van der Waals surface area (Å²) in [5, 5.41) is 2.79. The van der Waals surface area contributed by atoms with Crippen LogP contribution in [0.2, 0.25) is 0 Å². The molecule has 0 fully saturated rings. The number of anilines is 1. The first-order valence-electron chi connectivity index (χ1n) is 7.89. The predicted octanol–water partition coefficient (Wildman–Crippen LogP) is 3.46. The van der Waals surface area contributed by atoms with Crippen molar-refractivity contribution >= 4 is 33.5 Å². The molecule has 1 heterocycles. The van der Waals surface area contributed by atoms with Gasteiger partial charge in [-0.2, -0.15) is 0 Å². The fourth-order valence-electron chi connectivity index (χ4n) is 2.54. The topological polar surface area (TPSA) is 89.7 Å². The van der Waals surface area contributed by atoms with Gasteiger partial charge in [-0.1, -0.05) is 15.9 Å². The van der Waals surface area contributed by atoms with E-state index in [1.54, 1.807) is 26.0 Å². The van der Waals surface area contributed by atoms with E-state index in [9.17, 15) is 9.59 Å². The molecule has 0 spiro atoms. The molecule has 1 aromatic carbocycles. The van der Waals surface area contributed by atoms with Crippen molar-refractivity contribution in [2.75, 3.05) is 32.8 Å². The average Bonchev–Trinajstić information content (AvgIpc) is 2.90. The summed E-state index contributed by atoms with van der Waals surface area (Å²) in [4.78, 5) is 27.9. The van der Waals surface area contributed by atoms with Crippen LogP contribution in [0, 0.1) is 13.8 Å². The summed E-state index contributed by atoms with van der Waals surface area (Å²) in [6.07, 6.45) is 0. The number of esters is 1. The first-order valence-corrected chi connectivity index (χ1v) is 8.68. The number of halogens is 1. The van der Waals surface area contributed by atoms with Crippen LogP contribution in [0.4, 0.5) is 5.69 Å². The van der Waals surface area contributed by atoms with Crippen LogP contribution in [-0.4, -0.2) is 44.3 Å². The predicted molar refractivity (Wildman–Crippen MR) is 101 cm³/mol. The number of aryl methyl sites for hydroxylation is 1. The van der Waals surface area contributed by atoms with Gasteiger partial charge in [-0.25, -0.2) is 4.79 Å². The van der Waals surface area contributed by atoms with Crippen LogP contribution in [-0.2, 0) is 9.47 Å². The zero-order valence-corrected chi connectivity index (χ0v) is 16.7. The van der Waals surface area contributed by atoms with E-state index < -0.39 is 5.97 Å². The summed E-state index contributed by atoms with van der Waals surface area (Å²) in [5.41, 5.74) is 2.26. The largest absolute Gasteiger partial charge is 0.495 e. The number of amides is 1. The van der Waals surface area contributed by atoms with E-state index in [1.165, 1.54) is 14.2 Å². The SMILES string of the molecule is COCCOC(=O)c1c(C)[nH]c(C(=O)Nc2cc(Br)ccc2OC)c1C. The number of aromatic amines is 1. The van der Waals surface area contributed by atoms with Gasteiger partial charge in [0.1, 0.15) is 18.1 Å². The van der Waals surface area contributed by atoms with Crippen molar-refractivity contribution in [3.05, 3.63) is 45.2 Å². The number of nitrogens with one attached hydrogen (secondary N) is 2. The molecule has 0 aliphatic heterocycles. The fourth-order valence-corrected chi connectivity index (χ4v) is 2.90. The highest BCUT2D eigenvalue weighted by Crippen LogP contribution is 2.29. The number of H-pyrrole nitrogens is 1. The van der Waals surface area contributed by atoms with Gasteiger partial charge in [0.25, 0.3) is 5.91 Å². The average molecular weight is 425 g/mol. The van der Waals surface area contributed by atoms with Crippen molar-refractivity contribution in [2.24, 2.45) is 0 Å². The maximum Gasteiger partial charge on any atom is 0.340 e. The smallest absolute Gasteiger partial charge is 0.340 e. The molecule has 2 N–H and O–H groups in total. The van der Waals surface area contributed by atoms with Crippen molar-refractivity contribution in [1.82, 2.24) is 4.98 Å². The van der Waals surface area contributed by atoms with Gasteiger partial charge in [0.15, 0.2) is 0 Å². The zero-order valence-electron chi connectivity index (χ0n) is 15.1. The molecule has 2 rings (SSSR count). The molecule has 0 atom stereocenters. The number of hydrogen-bond donors (Lipinski definition) is 2. The highest BCUT2D eigenvalue weighted by Gasteiger charge is 2.23. The third-order valence-electron chi connectivity index (χ3n) is 3.80. The third kappa shape index (κ3) is 4.44. The molecule has 1 amide bonds. The number of aromatic nitrogens is 1. The van der Waals surface area contributed by atoms with Crippen molar-refractivity contribution in [2.45, 2.75) is 13.8 Å². The standard InChI is InChI=1S/C18H21BrN2O5/c1-10-15(18(23)26-8-7-24-3)11(2)20-16(10)17(22)21-13-9-12(19)5-6-14(13)25-4/h5-6,9,20H,7-8H2,1-4H3,(H,21,22). The molecule has 0 radical (unpaired) electrons. The van der Waals surface area contributed by atoms with E-state index in [1.807, 2.05) is 6.07 Å². The summed E-state index contributed by atoms with van der Waals surface area (Å²) in [5.74, 6) is -0.341. The monoisotopic (exact) mass is 424 g/mol. The van der Waals surface area contributed by atoms with Gasteiger partial charge in [-0.05, 0) is 37.6 Å². The Hall–Kier alpha value is -2.32. The minimum Gasteiger partial charge on any atom is -0.495 e. The number of hydrogen-bond acceptors (Lipinski definition) is 5. The number of methoxy groups -OCH3 is 2. The van der Waals surface area contributed by atoms with E-state index in [0.717, 1.165) is 4.47 Å². The molecule has 0 aliphatic carbocycles. The second kappa shape index (κ2) is 8.86. The molecule has 0 aliphatic rings. The molecule has 0 saturated heterocycles. The maximum atomic E-state index is 12.7. The molecule has 0 saturated carbocycles. The van der Waals surface area contributed by atoms with Crippen molar-refractivity contribution in [3.63, 3.8) is 0 Å². The molecule has 7 nitrogen and oxygen atoms in total. The van der Waals surface area contributed by atoms with Gasteiger partial charge in [-0.15, -0.1) is 0 Å². The van der Waals surface area contributed by atoms with Gasteiger partial charge in [0.05, 0.1) is 25.0 Å². The Morgan fingerprint density at radius 1 is 1.19 bits per heavy atom. The Morgan fingerprint density at radius 3 is 2.58 bits per heavy atom. The highest BCUT2D eigenvalue weighted by atomic mass is 79.9. The lowest BCUT2D eigenvalue weighted by molar-refractivity contribution is 0.0387. The molecular weight excluding hydrogens is 404 g/mol. The Balaban J connectivity index is 2.24. The Kier molecular flexibility index (Phi) is 6.82. The number of ether oxygens (including phenoxy) is 3. The molecule has 8 heteroatoms. The van der Waals surface area contributed by atoms with E-state index in [2.05, 4.69) is 26.2 Å². The van der Waals surface area contributed by atoms with Gasteiger partial charge in [0, 0.05) is 17.3 Å². The normalized spacial score (nSPS) is 10.5. The van der Waals surface area contributed by atoms with Crippen LogP contribution in [0.15, 0.2) is 22.7 Å². The minimum atomic E-state index is -0.493. The van der Waals surface area contributed by atoms with Crippen LogP contribution in [0.25, 0.3) is 0 Å². The minimum absolute atomic E-state index is 0.149. The van der Waals surface area contributed by atoms with E-state index in [0.29, 0.717) is 40.6 Å². The first kappa shape index (κ1) is 20.0. The van der Waals surface area contributed by atoms with Crippen LogP contribution in [0.1, 0.15) is 32.1 Å². The van der Waals surface area contributed by atoms with E-state index >= 15 is 0 Å². The molecule has 1 aromatic heterocycles. The van der Waals surface area contributed by atoms with E-state index in [4.69, 9.17) is 14.2 Å². The van der Waals surface area contributed by atoms with Crippen molar-refractivity contribution in [1.29, 1.82) is 0 Å². The van der Waals surface area contributed by atoms with E-state index in [-0.39, 0.29) is 12.5 Å². The Morgan fingerprint density at radius 2 is 1.92 bits per heavy atom. The first-order chi connectivity index (χ1) is 12.4. The molecule has 26 heavy (non-hydrogen) atoms. The van der Waals surface area contributed by atoms with Crippen LogP contribution in [0.5, 0.6) is 5.75 Å². The zero-order chi connectivity index (χ0) is 19.3. The lowest BCUT2D eigenvalue weighted by atomic mass is 10.1. The maximum absolute atomic E-state index is 12.7. The summed E-state index contributed by atoms with van der Waals surface area (Å²) >= 11 is 3.36. The molecule has 0 unspecified atom stereocenters. The van der Waals surface area contributed by atoms with Crippen LogP contribution >= 0.6 is 15.9 Å². The van der Waals surface area contributed by atoms with Gasteiger partial charge in [-0.3, -0.25) is 4.79 Å². The number of benzene rings is 1. The summed E-state index contributed by atoms with van der Waals surface area (Å²) in [7, 11) is 3.05. The Labute approximate surface area is 160 Å². The summed E-state index contributed by atoms with van der Waals surface area (Å²) < 4.78 is 16.1. The second-order valence-corrected chi connectivity index (χ2v) is 6.47. The third-order valence-corrected chi connectivity index (χ3v) is 4.29. The van der Waals surface area contributed by atoms with Gasteiger partial charge in [0.2, 0.25) is 0 Å². The van der Waals surface area contributed by atoms with Crippen LogP contribution < -0.4 is 10.1 Å². The Bertz CT molecular complexity index is 816. The second-order valence-electron chi connectivity index (χ2n) is 5.55. The van der Waals surface area contributed by atoms with Crippen molar-refractivity contribution < 1.29 is 23.8 Å². The summed E-state index contributed by atoms with van der Waals surface area (Å²) in [6, 6.07) is 5.29. The number of carbonyl (C=O) groups is 2. The quantitative estimate of drug-likeness (QED) is 0.524. The van der Waals surface area contributed by atoms with Crippen molar-refractivity contribution in [3.8, 4) is 5.75 Å². The lowest BCUT2D eigenvalue weighted by Gasteiger charge is -2.10. The molecular formula is C18H21BrN2O5. The molecule has 0 bridgehead atoms. The lowest BCUT2D eigenvalue weighted by Crippen LogP contribution is -2.15. The molecule has 2 aromatic rings. The van der Waals surface area contributed by atoms with Gasteiger partial charge >= 0.3 is 5.97 Å². The molecule has 140 valence electrons.